The molecule has 0 aliphatic carbocycles. The van der Waals surface area contributed by atoms with E-state index in [2.05, 4.69) is 41.0 Å². The van der Waals surface area contributed by atoms with Crippen molar-refractivity contribution in [2.45, 2.75) is 0 Å². The van der Waals surface area contributed by atoms with Crippen molar-refractivity contribution in [2.24, 2.45) is 0 Å². The smallest absolute Gasteiger partial charge is 0.261 e. The van der Waals surface area contributed by atoms with Crippen molar-refractivity contribution in [3.8, 4) is 11.1 Å². The van der Waals surface area contributed by atoms with Crippen molar-refractivity contribution in [1.29, 1.82) is 0 Å². The molecule has 0 aromatic heterocycles. The molecule has 0 fully saturated rings. The molecule has 4 rings (SSSR count). The van der Waals surface area contributed by atoms with E-state index >= 15 is 0 Å². The summed E-state index contributed by atoms with van der Waals surface area (Å²) in [6, 6.07) is 23.1. The molecule has 138 valence electrons. The van der Waals surface area contributed by atoms with Gasteiger partial charge in [-0.2, -0.15) is 0 Å². The van der Waals surface area contributed by atoms with E-state index in [0.29, 0.717) is 11.1 Å². The van der Waals surface area contributed by atoms with Crippen LogP contribution in [0.4, 0.5) is 0 Å². The summed E-state index contributed by atoms with van der Waals surface area (Å²) in [5, 5.41) is 3.77. The molecule has 0 aliphatic rings. The second-order valence-corrected chi connectivity index (χ2v) is 7.06. The average molecular weight is 498 g/mol. The average Bonchev–Trinajstić information content (AvgIpc) is 2.76. The number of carbonyl (C=O) groups is 2. The van der Waals surface area contributed by atoms with Crippen LogP contribution in [0.5, 0.6) is 0 Å². The normalized spacial score (nSPS) is 10.8. The van der Waals surface area contributed by atoms with E-state index < -0.39 is 0 Å². The van der Waals surface area contributed by atoms with Crippen molar-refractivity contribution in [3.05, 3.63) is 83.9 Å². The number of fused-ring (bicyclic) bond motifs is 2. The van der Waals surface area contributed by atoms with Gasteiger partial charge in [0.05, 0.1) is 0 Å². The Morgan fingerprint density at radius 1 is 0.571 bits per heavy atom. The largest absolute Gasteiger partial charge is 0.289 e. The Bertz CT molecular complexity index is 1140. The number of rotatable bonds is 3. The summed E-state index contributed by atoms with van der Waals surface area (Å²) in [7, 11) is 0. The molecular formula is C22H14Br2N2O2. The Hall–Kier alpha value is -2.70. The number of hydrogen-bond donors (Lipinski definition) is 2. The number of hydrogen-bond acceptors (Lipinski definition) is 2. The molecule has 2 N–H and O–H groups in total. The lowest BCUT2D eigenvalue weighted by Gasteiger charge is -2.17. The summed E-state index contributed by atoms with van der Waals surface area (Å²) >= 11 is 6.09. The topological polar surface area (TPSA) is 58.2 Å². The Morgan fingerprint density at radius 2 is 0.964 bits per heavy atom. The van der Waals surface area contributed by atoms with Crippen molar-refractivity contribution in [1.82, 2.24) is 8.69 Å². The number of carbonyl (C=O) groups excluding carboxylic acids is 2. The molecule has 0 heterocycles. The Kier molecular flexibility index (Phi) is 5.15. The fourth-order valence-corrected chi connectivity index (χ4v) is 3.99. The third-order valence-corrected chi connectivity index (χ3v) is 5.49. The molecule has 0 bridgehead atoms. The van der Waals surface area contributed by atoms with E-state index in [1.54, 1.807) is 12.1 Å². The van der Waals surface area contributed by atoms with Crippen LogP contribution in [0.25, 0.3) is 32.7 Å². The van der Waals surface area contributed by atoms with Gasteiger partial charge in [0.1, 0.15) is 0 Å². The highest BCUT2D eigenvalue weighted by atomic mass is 79.9. The molecular weight excluding hydrogens is 484 g/mol. The lowest BCUT2D eigenvalue weighted by atomic mass is 9.86. The quantitative estimate of drug-likeness (QED) is 0.354. The van der Waals surface area contributed by atoms with Crippen molar-refractivity contribution >= 4 is 65.7 Å². The number of nitrogens with one attached hydrogen (secondary N) is 2. The van der Waals surface area contributed by atoms with Gasteiger partial charge in [-0.15, -0.1) is 0 Å². The van der Waals surface area contributed by atoms with Gasteiger partial charge < -0.3 is 0 Å². The van der Waals surface area contributed by atoms with Crippen LogP contribution in [0.1, 0.15) is 20.7 Å². The first-order chi connectivity index (χ1) is 13.7. The first-order valence-electron chi connectivity index (χ1n) is 8.51. The number of benzene rings is 4. The lowest BCUT2D eigenvalue weighted by Crippen LogP contribution is -2.16. The van der Waals surface area contributed by atoms with Gasteiger partial charge in [-0.25, -0.2) is 0 Å². The Morgan fingerprint density at radius 3 is 1.36 bits per heavy atom. The molecule has 0 saturated carbocycles. The molecule has 28 heavy (non-hydrogen) atoms. The van der Waals surface area contributed by atoms with Crippen LogP contribution in [0, 0.1) is 0 Å². The molecule has 0 spiro atoms. The lowest BCUT2D eigenvalue weighted by molar-refractivity contribution is 0.0977. The maximum absolute atomic E-state index is 12.7. The van der Waals surface area contributed by atoms with Crippen LogP contribution < -0.4 is 8.69 Å². The second-order valence-electron chi connectivity index (χ2n) is 6.27. The van der Waals surface area contributed by atoms with E-state index in [4.69, 9.17) is 0 Å². The highest BCUT2D eigenvalue weighted by Gasteiger charge is 2.22. The fourth-order valence-electron chi connectivity index (χ4n) is 3.56. The molecule has 2 amide bonds. The third kappa shape index (κ3) is 3.08. The van der Waals surface area contributed by atoms with Gasteiger partial charge in [0.2, 0.25) is 0 Å². The van der Waals surface area contributed by atoms with Crippen LogP contribution in [-0.2, 0) is 0 Å². The maximum Gasteiger partial charge on any atom is 0.261 e. The summed E-state index contributed by atoms with van der Waals surface area (Å²) in [6.07, 6.45) is 0. The first kappa shape index (κ1) is 18.7. The first-order valence-corrected chi connectivity index (χ1v) is 10.1. The molecule has 0 saturated heterocycles. The van der Waals surface area contributed by atoms with Gasteiger partial charge in [0.15, 0.2) is 0 Å². The van der Waals surface area contributed by atoms with Crippen molar-refractivity contribution in [3.63, 3.8) is 0 Å². The van der Waals surface area contributed by atoms with Crippen LogP contribution in [0.15, 0.2) is 72.8 Å². The second kappa shape index (κ2) is 7.73. The monoisotopic (exact) mass is 496 g/mol. The summed E-state index contributed by atoms with van der Waals surface area (Å²) in [4.78, 5) is 25.3. The molecule has 4 nitrogen and oxygen atoms in total. The third-order valence-electron chi connectivity index (χ3n) is 4.77. The molecule has 0 radical (unpaired) electrons. The van der Waals surface area contributed by atoms with Crippen LogP contribution >= 0.6 is 32.3 Å². The van der Waals surface area contributed by atoms with E-state index in [0.717, 1.165) is 32.7 Å². The van der Waals surface area contributed by atoms with E-state index in [1.165, 1.54) is 0 Å². The highest BCUT2D eigenvalue weighted by Crippen LogP contribution is 2.39. The zero-order valence-electron chi connectivity index (χ0n) is 14.5. The summed E-state index contributed by atoms with van der Waals surface area (Å²) < 4.78 is 5.06. The van der Waals surface area contributed by atoms with Gasteiger partial charge in [-0.1, -0.05) is 60.7 Å². The summed E-state index contributed by atoms with van der Waals surface area (Å²) in [6.45, 7) is 0. The highest BCUT2D eigenvalue weighted by molar-refractivity contribution is 9.08. The predicted molar refractivity (Wildman–Crippen MR) is 120 cm³/mol. The van der Waals surface area contributed by atoms with Gasteiger partial charge >= 0.3 is 0 Å². The predicted octanol–water partition coefficient (Wildman–Crippen LogP) is 5.74. The molecule has 6 heteroatoms. The van der Waals surface area contributed by atoms with Gasteiger partial charge in [0.25, 0.3) is 11.8 Å². The minimum Gasteiger partial charge on any atom is -0.289 e. The molecule has 0 aliphatic heterocycles. The summed E-state index contributed by atoms with van der Waals surface area (Å²) in [5.74, 6) is -0.558. The van der Waals surface area contributed by atoms with Crippen molar-refractivity contribution < 1.29 is 9.59 Å². The molecule has 0 atom stereocenters. The van der Waals surface area contributed by atoms with Gasteiger partial charge in [-0.05, 0) is 33.7 Å². The Balaban J connectivity index is 2.23. The zero-order chi connectivity index (χ0) is 19.7. The number of halogens is 2. The van der Waals surface area contributed by atoms with Crippen LogP contribution in [0.3, 0.4) is 0 Å². The van der Waals surface area contributed by atoms with Crippen molar-refractivity contribution in [2.75, 3.05) is 0 Å². The molecule has 4 aromatic carbocycles. The zero-order valence-corrected chi connectivity index (χ0v) is 17.7. The minimum atomic E-state index is -0.279. The van der Waals surface area contributed by atoms with Gasteiger partial charge in [0, 0.05) is 54.5 Å². The molecule has 0 unspecified atom stereocenters. The minimum absolute atomic E-state index is 0.279. The fraction of sp³-hybridized carbons (Fsp3) is 0. The van der Waals surface area contributed by atoms with E-state index in [1.807, 2.05) is 60.7 Å². The van der Waals surface area contributed by atoms with Crippen LogP contribution in [0.2, 0.25) is 0 Å². The Labute approximate surface area is 178 Å². The maximum atomic E-state index is 12.7. The number of amides is 2. The standard InChI is InChI=1S/C22H14Br2N2O2/c23-25-21(27)17-11-9-13-5-1-3-7-15(13)19(17)20-16-8-4-2-6-14(16)10-12-18(20)22(28)26-24/h1-12H,(H,25,27)(H,26,28). The molecule has 4 aromatic rings. The van der Waals surface area contributed by atoms with E-state index in [9.17, 15) is 9.59 Å². The van der Waals surface area contributed by atoms with E-state index in [-0.39, 0.29) is 11.8 Å². The SMILES string of the molecule is O=C(NBr)c1ccc2ccccc2c1-c1c(C(=O)NBr)ccc2ccccc12. The summed E-state index contributed by atoms with van der Waals surface area (Å²) in [5.41, 5.74) is 2.40. The van der Waals surface area contributed by atoms with Gasteiger partial charge in [-0.3, -0.25) is 18.3 Å². The van der Waals surface area contributed by atoms with Crippen LogP contribution in [-0.4, -0.2) is 11.8 Å².